The molecule has 90 valence electrons. The topological polar surface area (TPSA) is 55.4 Å². The number of esters is 1. The molecule has 1 amide bonds. The first-order valence-corrected chi connectivity index (χ1v) is 5.35. The van der Waals surface area contributed by atoms with Crippen LogP contribution in [0.15, 0.2) is 30.3 Å². The first-order valence-electron chi connectivity index (χ1n) is 5.35. The quantitative estimate of drug-likeness (QED) is 0.640. The summed E-state index contributed by atoms with van der Waals surface area (Å²) in [5.41, 5.74) is 1.43. The second-order valence-corrected chi connectivity index (χ2v) is 3.35. The van der Waals surface area contributed by atoms with E-state index in [-0.39, 0.29) is 5.91 Å². The lowest BCUT2D eigenvalue weighted by Gasteiger charge is -2.05. The number of carbonyl (C=O) groups is 2. The van der Waals surface area contributed by atoms with Gasteiger partial charge in [-0.2, -0.15) is 0 Å². The van der Waals surface area contributed by atoms with Gasteiger partial charge in [-0.05, 0) is 24.6 Å². The van der Waals surface area contributed by atoms with Crippen LogP contribution in [0.25, 0.3) is 6.08 Å². The van der Waals surface area contributed by atoms with Gasteiger partial charge in [0.2, 0.25) is 5.91 Å². The van der Waals surface area contributed by atoms with Gasteiger partial charge in [-0.15, -0.1) is 0 Å². The molecule has 0 spiro atoms. The van der Waals surface area contributed by atoms with Crippen molar-refractivity contribution < 1.29 is 14.3 Å². The molecule has 0 radical (unpaired) electrons. The average Bonchev–Trinajstić information content (AvgIpc) is 2.27. The molecule has 4 nitrogen and oxygen atoms in total. The molecule has 0 fully saturated rings. The molecule has 0 saturated heterocycles. The van der Waals surface area contributed by atoms with Crippen molar-refractivity contribution in [2.75, 3.05) is 11.9 Å². The molecule has 1 rings (SSSR count). The van der Waals surface area contributed by atoms with E-state index in [0.29, 0.717) is 12.3 Å². The molecule has 4 heteroatoms. The molecule has 0 unspecified atom stereocenters. The Balaban J connectivity index is 2.83. The summed E-state index contributed by atoms with van der Waals surface area (Å²) in [6.45, 7) is 3.53. The zero-order valence-electron chi connectivity index (χ0n) is 9.90. The number of nitrogens with one attached hydrogen (secondary N) is 1. The molecule has 0 atom stereocenters. The van der Waals surface area contributed by atoms with E-state index >= 15 is 0 Å². The number of hydrogen-bond donors (Lipinski definition) is 1. The maximum atomic E-state index is 11.2. The Bertz CT molecular complexity index is 438. The summed E-state index contributed by atoms with van der Waals surface area (Å²) in [5.74, 6) is -0.549. The predicted octanol–water partition coefficient (Wildman–Crippen LogP) is 2.22. The van der Waals surface area contributed by atoms with E-state index in [1.54, 1.807) is 25.1 Å². The molecular formula is C13H15NO3. The lowest BCUT2D eigenvalue weighted by Crippen LogP contribution is -2.07. The molecule has 0 bridgehead atoms. The minimum atomic E-state index is -0.398. The third kappa shape index (κ3) is 4.51. The maximum absolute atomic E-state index is 11.2. The summed E-state index contributed by atoms with van der Waals surface area (Å²) >= 11 is 0. The molecule has 1 N–H and O–H groups in total. The minimum absolute atomic E-state index is 0.151. The van der Waals surface area contributed by atoms with Gasteiger partial charge in [0.15, 0.2) is 0 Å². The summed E-state index contributed by atoms with van der Waals surface area (Å²) in [6.07, 6.45) is 2.95. The first kappa shape index (κ1) is 13.0. The fourth-order valence-corrected chi connectivity index (χ4v) is 1.29. The highest BCUT2D eigenvalue weighted by Crippen LogP contribution is 2.16. The Kier molecular flexibility index (Phi) is 4.94. The van der Waals surface area contributed by atoms with Crippen LogP contribution in [0, 0.1) is 0 Å². The Morgan fingerprint density at radius 3 is 2.71 bits per heavy atom. The van der Waals surface area contributed by atoms with E-state index in [1.165, 1.54) is 13.0 Å². The number of amides is 1. The van der Waals surface area contributed by atoms with Gasteiger partial charge in [-0.3, -0.25) is 4.79 Å². The van der Waals surface area contributed by atoms with Gasteiger partial charge in [-0.1, -0.05) is 18.2 Å². The Hall–Kier alpha value is -2.10. The number of hydrogen-bond acceptors (Lipinski definition) is 3. The van der Waals surface area contributed by atoms with Crippen molar-refractivity contribution in [3.63, 3.8) is 0 Å². The van der Waals surface area contributed by atoms with Gasteiger partial charge >= 0.3 is 5.97 Å². The van der Waals surface area contributed by atoms with Crippen LogP contribution in [0.3, 0.4) is 0 Å². The van der Waals surface area contributed by atoms with Crippen LogP contribution in [-0.2, 0) is 14.3 Å². The number of ether oxygens (including phenoxy) is 1. The van der Waals surface area contributed by atoms with Crippen molar-refractivity contribution in [2.45, 2.75) is 13.8 Å². The lowest BCUT2D eigenvalue weighted by atomic mass is 10.1. The Labute approximate surface area is 100 Å². The SMILES string of the molecule is CCOC(=O)/C=C/c1ccccc1NC(C)=O. The van der Waals surface area contributed by atoms with Gasteiger partial charge in [0, 0.05) is 18.7 Å². The van der Waals surface area contributed by atoms with Gasteiger partial charge < -0.3 is 10.1 Å². The minimum Gasteiger partial charge on any atom is -0.463 e. The maximum Gasteiger partial charge on any atom is 0.330 e. The van der Waals surface area contributed by atoms with Gasteiger partial charge in [0.05, 0.1) is 6.61 Å². The molecule has 0 heterocycles. The molecule has 1 aromatic carbocycles. The van der Waals surface area contributed by atoms with E-state index in [1.807, 2.05) is 12.1 Å². The average molecular weight is 233 g/mol. The monoisotopic (exact) mass is 233 g/mol. The number of benzene rings is 1. The predicted molar refractivity (Wildman–Crippen MR) is 66.4 cm³/mol. The largest absolute Gasteiger partial charge is 0.463 e. The van der Waals surface area contributed by atoms with Gasteiger partial charge in [0.25, 0.3) is 0 Å². The van der Waals surface area contributed by atoms with Crippen LogP contribution in [0.4, 0.5) is 5.69 Å². The summed E-state index contributed by atoms with van der Waals surface area (Å²) < 4.78 is 4.77. The van der Waals surface area contributed by atoms with Crippen LogP contribution in [0.5, 0.6) is 0 Å². The normalized spacial score (nSPS) is 10.2. The van der Waals surface area contributed by atoms with E-state index < -0.39 is 5.97 Å². The van der Waals surface area contributed by atoms with E-state index in [2.05, 4.69) is 5.32 Å². The van der Waals surface area contributed by atoms with E-state index in [4.69, 9.17) is 4.74 Å². The molecule has 17 heavy (non-hydrogen) atoms. The van der Waals surface area contributed by atoms with E-state index in [0.717, 1.165) is 5.56 Å². The van der Waals surface area contributed by atoms with Crippen LogP contribution < -0.4 is 5.32 Å². The Morgan fingerprint density at radius 2 is 2.06 bits per heavy atom. The fourth-order valence-electron chi connectivity index (χ4n) is 1.29. The molecule has 1 aromatic rings. The third-order valence-corrected chi connectivity index (χ3v) is 1.96. The first-order chi connectivity index (χ1) is 8.13. The smallest absolute Gasteiger partial charge is 0.330 e. The number of carbonyl (C=O) groups excluding carboxylic acids is 2. The molecule has 0 aromatic heterocycles. The second kappa shape index (κ2) is 6.48. The highest BCUT2D eigenvalue weighted by atomic mass is 16.5. The van der Waals surface area contributed by atoms with Crippen molar-refractivity contribution in [3.05, 3.63) is 35.9 Å². The van der Waals surface area contributed by atoms with Crippen molar-refractivity contribution in [1.82, 2.24) is 0 Å². The highest BCUT2D eigenvalue weighted by molar-refractivity contribution is 5.93. The number of para-hydroxylation sites is 1. The molecular weight excluding hydrogens is 218 g/mol. The lowest BCUT2D eigenvalue weighted by molar-refractivity contribution is -0.137. The summed E-state index contributed by atoms with van der Waals surface area (Å²) in [5, 5.41) is 2.69. The number of anilines is 1. The fraction of sp³-hybridized carbons (Fsp3) is 0.231. The summed E-state index contributed by atoms with van der Waals surface area (Å²) in [4.78, 5) is 22.1. The van der Waals surface area contributed by atoms with Crippen LogP contribution in [-0.4, -0.2) is 18.5 Å². The van der Waals surface area contributed by atoms with Crippen molar-refractivity contribution in [3.8, 4) is 0 Å². The van der Waals surface area contributed by atoms with Crippen molar-refractivity contribution in [2.24, 2.45) is 0 Å². The molecule has 0 aliphatic carbocycles. The van der Waals surface area contributed by atoms with Gasteiger partial charge in [0.1, 0.15) is 0 Å². The highest BCUT2D eigenvalue weighted by Gasteiger charge is 2.01. The summed E-state index contributed by atoms with van der Waals surface area (Å²) in [6, 6.07) is 7.22. The molecule has 0 saturated carbocycles. The van der Waals surface area contributed by atoms with Crippen LogP contribution >= 0.6 is 0 Å². The summed E-state index contributed by atoms with van der Waals surface area (Å²) in [7, 11) is 0. The van der Waals surface area contributed by atoms with Crippen molar-refractivity contribution in [1.29, 1.82) is 0 Å². The molecule has 0 aliphatic heterocycles. The second-order valence-electron chi connectivity index (χ2n) is 3.35. The molecule has 0 aliphatic rings. The zero-order valence-corrected chi connectivity index (χ0v) is 9.90. The van der Waals surface area contributed by atoms with Gasteiger partial charge in [-0.25, -0.2) is 4.79 Å². The zero-order chi connectivity index (χ0) is 12.7. The van der Waals surface area contributed by atoms with Crippen LogP contribution in [0.2, 0.25) is 0 Å². The van der Waals surface area contributed by atoms with E-state index in [9.17, 15) is 9.59 Å². The standard InChI is InChI=1S/C13H15NO3/c1-3-17-13(16)9-8-11-6-4-5-7-12(11)14-10(2)15/h4-9H,3H2,1-2H3,(H,14,15)/b9-8+. The number of rotatable bonds is 4. The van der Waals surface area contributed by atoms with Crippen LogP contribution in [0.1, 0.15) is 19.4 Å². The Morgan fingerprint density at radius 1 is 1.35 bits per heavy atom. The van der Waals surface area contributed by atoms with Crippen molar-refractivity contribution >= 4 is 23.6 Å². The third-order valence-electron chi connectivity index (χ3n) is 1.96.